The number of benzene rings is 2. The summed E-state index contributed by atoms with van der Waals surface area (Å²) < 4.78 is 20.0. The fourth-order valence-corrected chi connectivity index (χ4v) is 7.18. The lowest BCUT2D eigenvalue weighted by Gasteiger charge is -2.36. The number of hydrogen-bond acceptors (Lipinski definition) is 4. The van der Waals surface area contributed by atoms with Crippen molar-refractivity contribution in [1.29, 1.82) is 0 Å². The highest BCUT2D eigenvalue weighted by atomic mass is 31.2. The molecule has 1 fully saturated rings. The zero-order valence-electron chi connectivity index (χ0n) is 15.2. The number of carbonyl (C=O) groups is 2. The minimum absolute atomic E-state index is 0.0269. The van der Waals surface area contributed by atoms with Gasteiger partial charge in [-0.15, -0.1) is 0 Å². The van der Waals surface area contributed by atoms with Crippen LogP contribution < -0.4 is 9.83 Å². The number of rotatable bonds is 4. The maximum atomic E-state index is 14.0. The second-order valence-corrected chi connectivity index (χ2v) is 9.89. The summed E-state index contributed by atoms with van der Waals surface area (Å²) in [4.78, 5) is 23.2. The van der Waals surface area contributed by atoms with E-state index in [-0.39, 0.29) is 19.0 Å². The molecule has 1 aliphatic heterocycles. The Hall–Kier alpha value is -2.59. The molecule has 28 heavy (non-hydrogen) atoms. The molecule has 0 amide bonds. The third-order valence-electron chi connectivity index (χ3n) is 5.82. The topological polar surface area (TPSA) is 101 Å². The van der Waals surface area contributed by atoms with E-state index in [0.29, 0.717) is 17.5 Å². The first-order valence-electron chi connectivity index (χ1n) is 9.32. The van der Waals surface area contributed by atoms with Gasteiger partial charge < -0.3 is 14.7 Å². The van der Waals surface area contributed by atoms with Gasteiger partial charge in [0.15, 0.2) is 0 Å². The van der Waals surface area contributed by atoms with Crippen LogP contribution in [0.4, 0.5) is 0 Å². The van der Waals surface area contributed by atoms with Crippen LogP contribution in [0.5, 0.6) is 5.75 Å². The first-order chi connectivity index (χ1) is 13.4. The highest BCUT2D eigenvalue weighted by molar-refractivity contribution is 7.67. The van der Waals surface area contributed by atoms with Gasteiger partial charge in [-0.25, -0.2) is 0 Å². The molecule has 0 spiro atoms. The van der Waals surface area contributed by atoms with Crippen LogP contribution in [0.1, 0.15) is 19.3 Å². The van der Waals surface area contributed by atoms with Gasteiger partial charge in [-0.2, -0.15) is 0 Å². The average molecular weight is 400 g/mol. The zero-order chi connectivity index (χ0) is 19.9. The van der Waals surface area contributed by atoms with E-state index in [1.54, 1.807) is 24.3 Å². The minimum Gasteiger partial charge on any atom is -0.481 e. The lowest BCUT2D eigenvalue weighted by molar-refractivity contribution is -0.150. The molecule has 4 atom stereocenters. The van der Waals surface area contributed by atoms with E-state index < -0.39 is 37.1 Å². The van der Waals surface area contributed by atoms with Gasteiger partial charge in [0.05, 0.1) is 17.1 Å². The molecular weight excluding hydrogens is 379 g/mol. The minimum atomic E-state index is -3.39. The van der Waals surface area contributed by atoms with Crippen LogP contribution in [0, 0.1) is 17.8 Å². The Morgan fingerprint density at radius 3 is 2.36 bits per heavy atom. The van der Waals surface area contributed by atoms with Crippen LogP contribution in [0.3, 0.4) is 0 Å². The molecule has 146 valence electrons. The Kier molecular flexibility index (Phi) is 4.76. The lowest BCUT2D eigenvalue weighted by atomic mass is 9.75. The predicted octanol–water partition coefficient (Wildman–Crippen LogP) is 3.85. The maximum Gasteiger partial charge on any atom is 0.306 e. The largest absolute Gasteiger partial charge is 0.481 e. The molecule has 1 saturated carbocycles. The van der Waals surface area contributed by atoms with Crippen molar-refractivity contribution in [2.45, 2.75) is 19.3 Å². The quantitative estimate of drug-likeness (QED) is 0.756. The van der Waals surface area contributed by atoms with Crippen LogP contribution in [0.15, 0.2) is 48.5 Å². The zero-order valence-corrected chi connectivity index (χ0v) is 16.0. The first kappa shape index (κ1) is 18.8. The van der Waals surface area contributed by atoms with E-state index in [1.807, 2.05) is 24.3 Å². The second kappa shape index (κ2) is 7.10. The smallest absolute Gasteiger partial charge is 0.306 e. The molecule has 4 unspecified atom stereocenters. The predicted molar refractivity (Wildman–Crippen MR) is 104 cm³/mol. The summed E-state index contributed by atoms with van der Waals surface area (Å²) in [6.07, 6.45) is 0.825. The Bertz CT molecular complexity index is 984. The van der Waals surface area contributed by atoms with Gasteiger partial charge in [-0.3, -0.25) is 14.2 Å². The van der Waals surface area contributed by atoms with E-state index in [0.717, 1.165) is 11.1 Å². The Balaban J connectivity index is 1.73. The molecule has 2 N–H and O–H groups in total. The van der Waals surface area contributed by atoms with Gasteiger partial charge in [0.1, 0.15) is 5.75 Å². The number of carboxylic acids is 2. The molecule has 0 aromatic heterocycles. The summed E-state index contributed by atoms with van der Waals surface area (Å²) in [6, 6.07) is 14.7. The average Bonchev–Trinajstić information content (AvgIpc) is 2.68. The summed E-state index contributed by atoms with van der Waals surface area (Å²) in [5.41, 5.74) is 1.68. The van der Waals surface area contributed by atoms with Gasteiger partial charge in [0.25, 0.3) is 7.37 Å². The molecule has 1 heterocycles. The maximum absolute atomic E-state index is 14.0. The van der Waals surface area contributed by atoms with Crippen molar-refractivity contribution < 1.29 is 28.9 Å². The standard InChI is InChI=1S/C21H21O6P/c22-20(23)13-9-10-15(21(24)25)14(11-13)12-28(26)19-8-4-2-6-17(19)16-5-1-3-7-18(16)27-28/h1-8,13-15H,9-12H2,(H,22,23)(H,24,25). The van der Waals surface area contributed by atoms with Crippen LogP contribution in [-0.4, -0.2) is 28.3 Å². The third-order valence-corrected chi connectivity index (χ3v) is 8.38. The number of carboxylic acid groups (broad SMARTS) is 2. The normalized spacial score (nSPS) is 28.5. The van der Waals surface area contributed by atoms with Crippen molar-refractivity contribution in [1.82, 2.24) is 0 Å². The van der Waals surface area contributed by atoms with Crippen molar-refractivity contribution >= 4 is 24.6 Å². The Labute approximate surface area is 162 Å². The number of para-hydroxylation sites is 1. The fraction of sp³-hybridized carbons (Fsp3) is 0.333. The summed E-state index contributed by atoms with van der Waals surface area (Å²) >= 11 is 0. The Morgan fingerprint density at radius 2 is 1.64 bits per heavy atom. The molecule has 4 rings (SSSR count). The summed E-state index contributed by atoms with van der Waals surface area (Å²) in [7, 11) is -3.39. The van der Waals surface area contributed by atoms with E-state index in [9.17, 15) is 24.4 Å². The monoisotopic (exact) mass is 400 g/mol. The lowest BCUT2D eigenvalue weighted by Crippen LogP contribution is -2.37. The van der Waals surface area contributed by atoms with E-state index >= 15 is 0 Å². The van der Waals surface area contributed by atoms with Gasteiger partial charge in [0.2, 0.25) is 0 Å². The van der Waals surface area contributed by atoms with Gasteiger partial charge in [-0.05, 0) is 42.9 Å². The number of fused-ring (bicyclic) bond motifs is 3. The highest BCUT2D eigenvalue weighted by Gasteiger charge is 2.44. The van der Waals surface area contributed by atoms with Gasteiger partial charge in [-0.1, -0.05) is 36.4 Å². The molecule has 1 aliphatic carbocycles. The highest BCUT2D eigenvalue weighted by Crippen LogP contribution is 2.57. The summed E-state index contributed by atoms with van der Waals surface area (Å²) in [6.45, 7) is 0. The molecule has 6 nitrogen and oxygen atoms in total. The summed E-state index contributed by atoms with van der Waals surface area (Å²) in [5, 5.41) is 19.6. The molecule has 7 heteroatoms. The van der Waals surface area contributed by atoms with Gasteiger partial charge >= 0.3 is 11.9 Å². The number of hydrogen-bond donors (Lipinski definition) is 2. The summed E-state index contributed by atoms with van der Waals surface area (Å²) in [5.74, 6) is -3.22. The van der Waals surface area contributed by atoms with E-state index in [4.69, 9.17) is 4.52 Å². The third kappa shape index (κ3) is 3.22. The number of aliphatic carboxylic acids is 2. The van der Waals surface area contributed by atoms with Crippen LogP contribution >= 0.6 is 7.37 Å². The molecule has 0 bridgehead atoms. The molecule has 2 aromatic carbocycles. The van der Waals surface area contributed by atoms with Crippen LogP contribution in [-0.2, 0) is 14.2 Å². The molecule has 2 aromatic rings. The second-order valence-electron chi connectivity index (χ2n) is 7.51. The van der Waals surface area contributed by atoms with Crippen molar-refractivity contribution in [2.75, 3.05) is 6.16 Å². The van der Waals surface area contributed by atoms with Crippen molar-refractivity contribution in [3.8, 4) is 16.9 Å². The molecule has 0 radical (unpaired) electrons. The van der Waals surface area contributed by atoms with Crippen molar-refractivity contribution in [2.24, 2.45) is 17.8 Å². The van der Waals surface area contributed by atoms with E-state index in [2.05, 4.69) is 0 Å². The Morgan fingerprint density at radius 1 is 0.964 bits per heavy atom. The SMILES string of the molecule is O=C(O)C1CCC(C(=O)O)C(CP2(=O)Oc3ccccc3-c3ccccc32)C1. The van der Waals surface area contributed by atoms with Crippen molar-refractivity contribution in [3.05, 3.63) is 48.5 Å². The van der Waals surface area contributed by atoms with Crippen LogP contribution in [0.2, 0.25) is 0 Å². The molecular formula is C21H21O6P. The van der Waals surface area contributed by atoms with E-state index in [1.165, 1.54) is 0 Å². The van der Waals surface area contributed by atoms with Crippen molar-refractivity contribution in [3.63, 3.8) is 0 Å². The van der Waals surface area contributed by atoms with Crippen LogP contribution in [0.25, 0.3) is 11.1 Å². The molecule has 0 saturated heterocycles. The fourth-order valence-electron chi connectivity index (χ4n) is 4.43. The van der Waals surface area contributed by atoms with Gasteiger partial charge in [0, 0.05) is 11.7 Å². The molecule has 2 aliphatic rings. The first-order valence-corrected chi connectivity index (χ1v) is 11.1.